The molecule has 25 heavy (non-hydrogen) atoms. The van der Waals surface area contributed by atoms with Crippen molar-refractivity contribution in [2.24, 2.45) is 4.99 Å². The van der Waals surface area contributed by atoms with E-state index in [4.69, 9.17) is 15.0 Å². The number of carbonyl (C=O) groups is 2. The maximum absolute atomic E-state index is 10.6. The molecule has 0 bridgehead atoms. The van der Waals surface area contributed by atoms with E-state index in [2.05, 4.69) is 17.2 Å². The molecule has 0 radical (unpaired) electrons. The van der Waals surface area contributed by atoms with Gasteiger partial charge >= 0.3 is 118 Å². The summed E-state index contributed by atoms with van der Waals surface area (Å²) >= 11 is 0.795. The Balaban J connectivity index is 0. The number of carboxylic acid groups (broad SMARTS) is 2. The van der Waals surface area contributed by atoms with Gasteiger partial charge in [-0.15, -0.1) is 0 Å². The Morgan fingerprint density at radius 2 is 1.56 bits per heavy atom. The van der Waals surface area contributed by atoms with E-state index in [-0.39, 0.29) is 3.17 Å². The van der Waals surface area contributed by atoms with Crippen molar-refractivity contribution in [2.75, 3.05) is 13.1 Å². The third-order valence-corrected chi connectivity index (χ3v) is 4.80. The topological polar surface area (TPSA) is 99.0 Å². The third kappa shape index (κ3) is 28.5. The molecule has 0 saturated heterocycles. The third-order valence-electron chi connectivity index (χ3n) is 3.73. The number of hydrogen-bond donors (Lipinski definition) is 3. The minimum absolute atomic E-state index is 0.0236. The molecule has 1 heterocycles. The molecular weight excluding hydrogens is 331 g/mol. The summed E-state index contributed by atoms with van der Waals surface area (Å²) in [6, 6.07) is 0. The van der Waals surface area contributed by atoms with Crippen LogP contribution in [0.25, 0.3) is 0 Å². The summed E-state index contributed by atoms with van der Waals surface area (Å²) in [4.78, 5) is 23.4. The fourth-order valence-electron chi connectivity index (χ4n) is 2.21. The molecule has 1 aliphatic heterocycles. The molecule has 1 unspecified atom stereocenters. The zero-order valence-corrected chi connectivity index (χ0v) is 18.3. The molecule has 0 spiro atoms. The average Bonchev–Trinajstić information content (AvgIpc) is 3.12. The molecule has 0 aromatic heterocycles. The van der Waals surface area contributed by atoms with Crippen LogP contribution in [0.5, 0.6) is 0 Å². The Morgan fingerprint density at radius 3 is 1.88 bits per heavy atom. The van der Waals surface area contributed by atoms with E-state index in [1.165, 1.54) is 51.4 Å². The van der Waals surface area contributed by atoms with Gasteiger partial charge in [0, 0.05) is 13.5 Å². The molecule has 0 aromatic rings. The van der Waals surface area contributed by atoms with E-state index in [1.54, 1.807) is 6.34 Å². The number of rotatable bonds is 11. The van der Waals surface area contributed by atoms with Crippen molar-refractivity contribution >= 4 is 46.2 Å². The van der Waals surface area contributed by atoms with Gasteiger partial charge in [0.15, 0.2) is 0 Å². The van der Waals surface area contributed by atoms with Crippen LogP contribution in [0.3, 0.4) is 0 Å². The predicted octanol–water partition coefficient (Wildman–Crippen LogP) is 3.66. The van der Waals surface area contributed by atoms with Gasteiger partial charge in [-0.3, -0.25) is 9.79 Å². The van der Waals surface area contributed by atoms with Crippen LogP contribution in [0, 0.1) is 0 Å². The van der Waals surface area contributed by atoms with Gasteiger partial charge in [-0.05, 0) is 0 Å². The van der Waals surface area contributed by atoms with E-state index < -0.39 is 11.9 Å². The number of nitrogens with zero attached hydrogens (tertiary/aromatic N) is 1. The van der Waals surface area contributed by atoms with Gasteiger partial charge in [-0.25, -0.2) is 0 Å². The van der Waals surface area contributed by atoms with Crippen LogP contribution in [-0.4, -0.2) is 69.5 Å². The van der Waals surface area contributed by atoms with Crippen LogP contribution < -0.4 is 5.32 Å². The summed E-state index contributed by atoms with van der Waals surface area (Å²) in [7, 11) is 0. The molecule has 3 N–H and O–H groups in total. The van der Waals surface area contributed by atoms with Crippen LogP contribution >= 0.6 is 0 Å². The SMILES string of the molecule is C1=NCCN1.CC(=O)O.CCCCCCCCCCC[CH]([Na])C(=O)O. The van der Waals surface area contributed by atoms with Crippen molar-refractivity contribution in [1.29, 1.82) is 0 Å². The first-order chi connectivity index (χ1) is 11.9. The molecule has 0 amide bonds. The molecule has 0 aliphatic carbocycles. The molecule has 142 valence electrons. The van der Waals surface area contributed by atoms with Crippen molar-refractivity contribution in [3.8, 4) is 0 Å². The predicted molar refractivity (Wildman–Crippen MR) is 104 cm³/mol. The molecule has 1 rings (SSSR count). The first kappa shape index (κ1) is 26.6. The first-order valence-corrected chi connectivity index (χ1v) is 10.7. The van der Waals surface area contributed by atoms with Gasteiger partial charge in [0.2, 0.25) is 0 Å². The summed E-state index contributed by atoms with van der Waals surface area (Å²) in [5.74, 6) is -1.42. The Hall–Kier alpha value is -0.590. The second-order valence-corrected chi connectivity index (χ2v) is 7.76. The quantitative estimate of drug-likeness (QED) is 0.383. The number of unbranched alkanes of at least 4 members (excludes halogenated alkanes) is 8. The number of nitrogens with one attached hydrogen (secondary N) is 1. The van der Waals surface area contributed by atoms with E-state index in [0.717, 1.165) is 60.8 Å². The first-order valence-electron chi connectivity index (χ1n) is 9.55. The monoisotopic (exact) mass is 366 g/mol. The number of aliphatic carboxylic acids is 2. The van der Waals surface area contributed by atoms with Crippen molar-refractivity contribution in [3.63, 3.8) is 0 Å². The van der Waals surface area contributed by atoms with Gasteiger partial charge in [-0.1, -0.05) is 0 Å². The number of carboxylic acids is 2. The number of hydrogen-bond acceptors (Lipinski definition) is 4. The normalized spacial score (nSPS) is 13.0. The molecule has 0 aromatic carbocycles. The Morgan fingerprint density at radius 1 is 1.08 bits per heavy atom. The van der Waals surface area contributed by atoms with Crippen LogP contribution in [0.1, 0.15) is 78.1 Å². The van der Waals surface area contributed by atoms with Crippen LogP contribution in [0.4, 0.5) is 0 Å². The van der Waals surface area contributed by atoms with Crippen molar-refractivity contribution in [3.05, 3.63) is 0 Å². The zero-order valence-electron chi connectivity index (χ0n) is 16.3. The van der Waals surface area contributed by atoms with E-state index in [0.29, 0.717) is 0 Å². The van der Waals surface area contributed by atoms with Crippen molar-refractivity contribution in [1.82, 2.24) is 5.32 Å². The molecular formula is C18H35N2NaO4. The minimum atomic E-state index is -0.833. The van der Waals surface area contributed by atoms with Crippen LogP contribution in [0.15, 0.2) is 4.99 Å². The molecule has 0 saturated carbocycles. The second-order valence-electron chi connectivity index (χ2n) is 6.36. The summed E-state index contributed by atoms with van der Waals surface area (Å²) in [6.45, 7) is 5.31. The Kier molecular flexibility index (Phi) is 22.9. The van der Waals surface area contributed by atoms with Crippen molar-refractivity contribution in [2.45, 2.75) is 81.2 Å². The maximum atomic E-state index is 10.6. The van der Waals surface area contributed by atoms with E-state index in [9.17, 15) is 4.79 Å². The van der Waals surface area contributed by atoms with E-state index >= 15 is 0 Å². The molecule has 7 heteroatoms. The zero-order chi connectivity index (χ0) is 19.3. The molecule has 1 aliphatic rings. The summed E-state index contributed by atoms with van der Waals surface area (Å²) in [6.07, 6.45) is 14.4. The molecule has 1 atom stereocenters. The fourth-order valence-corrected chi connectivity index (χ4v) is 2.62. The standard InChI is InChI=1S/C13H25O2.C3H6N2.C2H4O2.Na/c1-2-3-4-5-6-7-8-9-10-11-12-13(14)15;1-2-5-3-4-1;1-2(3)4;/h12H,2-11H2,1H3,(H,14,15);3H,1-2H2,(H,4,5);1H3,(H,3,4);. The van der Waals surface area contributed by atoms with Crippen molar-refractivity contribution < 1.29 is 19.8 Å². The summed E-state index contributed by atoms with van der Waals surface area (Å²) in [5.41, 5.74) is 0. The molecule has 0 fully saturated rings. The summed E-state index contributed by atoms with van der Waals surface area (Å²) < 4.78 is -0.0236. The van der Waals surface area contributed by atoms with Gasteiger partial charge in [0.25, 0.3) is 5.97 Å². The summed E-state index contributed by atoms with van der Waals surface area (Å²) in [5, 5.41) is 19.1. The Labute approximate surface area is 170 Å². The van der Waals surface area contributed by atoms with Gasteiger partial charge in [0.1, 0.15) is 0 Å². The second kappa shape index (κ2) is 21.5. The van der Waals surface area contributed by atoms with Crippen LogP contribution in [0.2, 0.25) is 3.17 Å². The van der Waals surface area contributed by atoms with Gasteiger partial charge in [-0.2, -0.15) is 0 Å². The fraction of sp³-hybridized carbons (Fsp3) is 0.833. The van der Waals surface area contributed by atoms with E-state index in [1.807, 2.05) is 0 Å². The molecule has 6 nitrogen and oxygen atoms in total. The number of aliphatic imine (C=N–C) groups is 1. The average molecular weight is 366 g/mol. The Bertz CT molecular complexity index is 342. The van der Waals surface area contributed by atoms with Crippen LogP contribution in [-0.2, 0) is 9.59 Å². The van der Waals surface area contributed by atoms with Gasteiger partial charge < -0.3 is 10.4 Å². The van der Waals surface area contributed by atoms with Gasteiger partial charge in [0.05, 0.1) is 12.9 Å².